The molecule has 1 atom stereocenters. The SMILES string of the molecule is Cn1ccnc1C(NN)c1ccc(F)c(Cl)c1. The lowest BCUT2D eigenvalue weighted by molar-refractivity contribution is 0.576. The first-order valence-electron chi connectivity index (χ1n) is 5.01. The van der Waals surface area contributed by atoms with Gasteiger partial charge in [0, 0.05) is 19.4 Å². The van der Waals surface area contributed by atoms with Gasteiger partial charge in [-0.2, -0.15) is 0 Å². The molecule has 0 fully saturated rings. The number of rotatable bonds is 3. The van der Waals surface area contributed by atoms with E-state index in [0.29, 0.717) is 0 Å². The largest absolute Gasteiger partial charge is 0.336 e. The topological polar surface area (TPSA) is 55.9 Å². The summed E-state index contributed by atoms with van der Waals surface area (Å²) in [4.78, 5) is 4.20. The van der Waals surface area contributed by atoms with Crippen LogP contribution >= 0.6 is 11.6 Å². The predicted octanol–water partition coefficient (Wildman–Crippen LogP) is 1.77. The van der Waals surface area contributed by atoms with Crippen molar-refractivity contribution in [2.75, 3.05) is 0 Å². The molecule has 0 radical (unpaired) electrons. The number of nitrogens with one attached hydrogen (secondary N) is 1. The van der Waals surface area contributed by atoms with Gasteiger partial charge in [0.05, 0.1) is 5.02 Å². The van der Waals surface area contributed by atoms with Crippen LogP contribution in [0.25, 0.3) is 0 Å². The smallest absolute Gasteiger partial charge is 0.141 e. The predicted molar refractivity (Wildman–Crippen MR) is 63.8 cm³/mol. The van der Waals surface area contributed by atoms with Crippen LogP contribution in [0.2, 0.25) is 5.02 Å². The molecular formula is C11H12ClFN4. The molecule has 0 saturated heterocycles. The van der Waals surface area contributed by atoms with Crippen LogP contribution in [-0.4, -0.2) is 9.55 Å². The Morgan fingerprint density at radius 3 is 2.82 bits per heavy atom. The standard InChI is InChI=1S/C11H12ClFN4/c1-17-5-4-15-11(17)10(16-14)7-2-3-9(13)8(12)6-7/h2-6,10,16H,14H2,1H3. The van der Waals surface area contributed by atoms with Crippen LogP contribution in [0.5, 0.6) is 0 Å². The molecule has 1 heterocycles. The average molecular weight is 255 g/mol. The zero-order valence-corrected chi connectivity index (χ0v) is 9.95. The highest BCUT2D eigenvalue weighted by Crippen LogP contribution is 2.24. The average Bonchev–Trinajstić information content (AvgIpc) is 2.71. The number of hydrogen-bond acceptors (Lipinski definition) is 3. The number of hydrazine groups is 1. The van der Waals surface area contributed by atoms with Crippen LogP contribution in [0.4, 0.5) is 4.39 Å². The van der Waals surface area contributed by atoms with Crippen LogP contribution in [0.15, 0.2) is 30.6 Å². The number of benzene rings is 1. The van der Waals surface area contributed by atoms with E-state index in [1.54, 1.807) is 12.3 Å². The third kappa shape index (κ3) is 2.31. The molecule has 1 aromatic carbocycles. The van der Waals surface area contributed by atoms with Crippen molar-refractivity contribution in [1.29, 1.82) is 0 Å². The summed E-state index contributed by atoms with van der Waals surface area (Å²) in [5, 5.41) is 0.0666. The zero-order chi connectivity index (χ0) is 12.4. The van der Waals surface area contributed by atoms with E-state index in [0.717, 1.165) is 11.4 Å². The minimum atomic E-state index is -0.453. The number of hydrogen-bond donors (Lipinski definition) is 2. The van der Waals surface area contributed by atoms with Crippen molar-refractivity contribution < 1.29 is 4.39 Å². The Labute approximate surface area is 103 Å². The van der Waals surface area contributed by atoms with E-state index in [1.165, 1.54) is 12.1 Å². The number of halogens is 2. The molecule has 0 amide bonds. The summed E-state index contributed by atoms with van der Waals surface area (Å²) in [5.74, 6) is 5.79. The molecular weight excluding hydrogens is 243 g/mol. The van der Waals surface area contributed by atoms with Crippen molar-refractivity contribution in [3.8, 4) is 0 Å². The van der Waals surface area contributed by atoms with E-state index in [4.69, 9.17) is 17.4 Å². The van der Waals surface area contributed by atoms with E-state index in [2.05, 4.69) is 10.4 Å². The molecule has 1 aromatic heterocycles. The van der Waals surface area contributed by atoms with Crippen molar-refractivity contribution in [2.45, 2.75) is 6.04 Å². The van der Waals surface area contributed by atoms with E-state index < -0.39 is 5.82 Å². The molecule has 0 saturated carbocycles. The lowest BCUT2D eigenvalue weighted by Gasteiger charge is -2.16. The Kier molecular flexibility index (Phi) is 3.42. The van der Waals surface area contributed by atoms with Gasteiger partial charge in [-0.05, 0) is 17.7 Å². The number of nitrogens with two attached hydrogens (primary N) is 1. The van der Waals surface area contributed by atoms with Crippen molar-refractivity contribution in [3.05, 3.63) is 52.8 Å². The Bertz CT molecular complexity index is 526. The molecule has 90 valence electrons. The summed E-state index contributed by atoms with van der Waals surface area (Å²) in [6, 6.07) is 4.15. The molecule has 17 heavy (non-hydrogen) atoms. The van der Waals surface area contributed by atoms with Gasteiger partial charge in [0.15, 0.2) is 0 Å². The highest BCUT2D eigenvalue weighted by atomic mass is 35.5. The summed E-state index contributed by atoms with van der Waals surface area (Å²) in [7, 11) is 1.86. The van der Waals surface area contributed by atoms with Gasteiger partial charge in [0.25, 0.3) is 0 Å². The fourth-order valence-corrected chi connectivity index (χ4v) is 1.86. The third-order valence-electron chi connectivity index (χ3n) is 2.56. The normalized spacial score (nSPS) is 12.7. The fraction of sp³-hybridized carbons (Fsp3) is 0.182. The molecule has 0 bridgehead atoms. The van der Waals surface area contributed by atoms with Crippen LogP contribution in [0.3, 0.4) is 0 Å². The first-order chi connectivity index (χ1) is 8.13. The van der Waals surface area contributed by atoms with Crippen LogP contribution in [0.1, 0.15) is 17.4 Å². The number of imidazole rings is 1. The molecule has 4 nitrogen and oxygen atoms in total. The van der Waals surface area contributed by atoms with Gasteiger partial charge in [-0.3, -0.25) is 5.84 Å². The first kappa shape index (κ1) is 12.0. The van der Waals surface area contributed by atoms with E-state index in [1.807, 2.05) is 17.8 Å². The van der Waals surface area contributed by atoms with Crippen molar-refractivity contribution in [3.63, 3.8) is 0 Å². The monoisotopic (exact) mass is 254 g/mol. The molecule has 0 aliphatic heterocycles. The summed E-state index contributed by atoms with van der Waals surface area (Å²) >= 11 is 5.75. The van der Waals surface area contributed by atoms with Gasteiger partial charge in [-0.15, -0.1) is 0 Å². The Morgan fingerprint density at radius 1 is 1.53 bits per heavy atom. The maximum absolute atomic E-state index is 13.1. The second kappa shape index (κ2) is 4.83. The minimum Gasteiger partial charge on any atom is -0.336 e. The van der Waals surface area contributed by atoms with Gasteiger partial charge in [-0.1, -0.05) is 17.7 Å². The van der Waals surface area contributed by atoms with Gasteiger partial charge in [0.1, 0.15) is 17.7 Å². The molecule has 1 unspecified atom stereocenters. The van der Waals surface area contributed by atoms with Gasteiger partial charge < -0.3 is 4.57 Å². The second-order valence-electron chi connectivity index (χ2n) is 3.67. The molecule has 3 N–H and O–H groups in total. The van der Waals surface area contributed by atoms with E-state index >= 15 is 0 Å². The van der Waals surface area contributed by atoms with Crippen LogP contribution < -0.4 is 11.3 Å². The molecule has 2 rings (SSSR count). The van der Waals surface area contributed by atoms with Crippen molar-refractivity contribution in [2.24, 2.45) is 12.9 Å². The van der Waals surface area contributed by atoms with Crippen molar-refractivity contribution in [1.82, 2.24) is 15.0 Å². The maximum atomic E-state index is 13.1. The maximum Gasteiger partial charge on any atom is 0.141 e. The lowest BCUT2D eigenvalue weighted by atomic mass is 10.1. The number of nitrogens with zero attached hydrogens (tertiary/aromatic N) is 2. The second-order valence-corrected chi connectivity index (χ2v) is 4.08. The fourth-order valence-electron chi connectivity index (χ4n) is 1.67. The molecule has 0 spiro atoms. The Morgan fingerprint density at radius 2 is 2.29 bits per heavy atom. The third-order valence-corrected chi connectivity index (χ3v) is 2.85. The highest BCUT2D eigenvalue weighted by Gasteiger charge is 2.17. The van der Waals surface area contributed by atoms with E-state index in [-0.39, 0.29) is 11.1 Å². The van der Waals surface area contributed by atoms with Gasteiger partial charge in [0.2, 0.25) is 0 Å². The quantitative estimate of drug-likeness (QED) is 0.648. The van der Waals surface area contributed by atoms with Crippen LogP contribution in [0, 0.1) is 5.82 Å². The molecule has 0 aliphatic carbocycles. The Balaban J connectivity index is 2.42. The zero-order valence-electron chi connectivity index (χ0n) is 9.19. The summed E-state index contributed by atoms with van der Waals surface area (Å²) < 4.78 is 14.9. The van der Waals surface area contributed by atoms with Crippen LogP contribution in [-0.2, 0) is 7.05 Å². The summed E-state index contributed by atoms with van der Waals surface area (Å²) in [6.45, 7) is 0. The number of aromatic nitrogens is 2. The van der Waals surface area contributed by atoms with E-state index in [9.17, 15) is 4.39 Å². The minimum absolute atomic E-state index is 0.0666. The lowest BCUT2D eigenvalue weighted by Crippen LogP contribution is -2.30. The van der Waals surface area contributed by atoms with Gasteiger partial charge in [-0.25, -0.2) is 14.8 Å². The highest BCUT2D eigenvalue weighted by molar-refractivity contribution is 6.30. The molecule has 0 aliphatic rings. The summed E-state index contributed by atoms with van der Waals surface area (Å²) in [6.07, 6.45) is 3.48. The number of aryl methyl sites for hydroxylation is 1. The van der Waals surface area contributed by atoms with Crippen molar-refractivity contribution >= 4 is 11.6 Å². The van der Waals surface area contributed by atoms with Gasteiger partial charge >= 0.3 is 0 Å². The molecule has 6 heteroatoms. The first-order valence-corrected chi connectivity index (χ1v) is 5.39. The Hall–Kier alpha value is -1.43. The molecule has 2 aromatic rings. The summed E-state index contributed by atoms with van der Waals surface area (Å²) in [5.41, 5.74) is 3.40.